The van der Waals surface area contributed by atoms with Crippen LogP contribution in [0.2, 0.25) is 0 Å². The average Bonchev–Trinajstić information content (AvgIpc) is 2.87. The minimum absolute atomic E-state index is 0.0989. The number of amides is 1. The highest BCUT2D eigenvalue weighted by molar-refractivity contribution is 9.10. The van der Waals surface area contributed by atoms with Crippen molar-refractivity contribution < 1.29 is 4.79 Å². The van der Waals surface area contributed by atoms with Crippen LogP contribution in [-0.4, -0.2) is 25.5 Å². The Labute approximate surface area is 135 Å². The van der Waals surface area contributed by atoms with Crippen LogP contribution in [0.15, 0.2) is 28.7 Å². The van der Waals surface area contributed by atoms with E-state index in [2.05, 4.69) is 36.3 Å². The molecule has 1 N–H and O–H groups in total. The van der Waals surface area contributed by atoms with Gasteiger partial charge in [0.25, 0.3) is 11.7 Å². The van der Waals surface area contributed by atoms with Crippen molar-refractivity contribution in [1.82, 2.24) is 19.6 Å². The Kier molecular flexibility index (Phi) is 3.66. The first-order valence-corrected chi connectivity index (χ1v) is 7.52. The van der Waals surface area contributed by atoms with Gasteiger partial charge in [-0.15, -0.1) is 5.10 Å². The molecule has 0 spiro atoms. The third kappa shape index (κ3) is 2.71. The van der Waals surface area contributed by atoms with E-state index >= 15 is 0 Å². The van der Waals surface area contributed by atoms with Crippen LogP contribution in [0.25, 0.3) is 5.78 Å². The zero-order valence-corrected chi connectivity index (χ0v) is 14.0. The number of anilines is 1. The Hall–Kier alpha value is -2.28. The Morgan fingerprint density at radius 2 is 1.95 bits per heavy atom. The van der Waals surface area contributed by atoms with Gasteiger partial charge in [0.05, 0.1) is 0 Å². The Bertz CT molecular complexity index is 887. The van der Waals surface area contributed by atoms with Crippen LogP contribution in [0, 0.1) is 20.8 Å². The molecule has 1 aromatic carbocycles. The lowest BCUT2D eigenvalue weighted by atomic mass is 10.2. The number of carbonyl (C=O) groups is 1. The maximum atomic E-state index is 12.3. The molecule has 112 valence electrons. The lowest BCUT2D eigenvalue weighted by Crippen LogP contribution is -2.14. The van der Waals surface area contributed by atoms with E-state index < -0.39 is 0 Å². The van der Waals surface area contributed by atoms with Crippen molar-refractivity contribution in [2.45, 2.75) is 20.8 Å². The van der Waals surface area contributed by atoms with Crippen molar-refractivity contribution in [1.29, 1.82) is 0 Å². The number of fused-ring (bicyclic) bond motifs is 1. The van der Waals surface area contributed by atoms with Gasteiger partial charge in [0.15, 0.2) is 0 Å². The number of nitrogens with one attached hydrogen (secondary N) is 1. The van der Waals surface area contributed by atoms with E-state index in [1.807, 2.05) is 45.0 Å². The zero-order chi connectivity index (χ0) is 15.9. The molecule has 2 heterocycles. The molecule has 0 fully saturated rings. The molecule has 0 aliphatic carbocycles. The highest BCUT2D eigenvalue weighted by Crippen LogP contribution is 2.20. The summed E-state index contributed by atoms with van der Waals surface area (Å²) < 4.78 is 2.56. The van der Waals surface area contributed by atoms with Crippen molar-refractivity contribution in [3.8, 4) is 0 Å². The van der Waals surface area contributed by atoms with E-state index in [1.54, 1.807) is 4.52 Å². The van der Waals surface area contributed by atoms with Gasteiger partial charge in [-0.3, -0.25) is 4.79 Å². The number of hydrogen-bond donors (Lipinski definition) is 1. The molecule has 0 saturated heterocycles. The van der Waals surface area contributed by atoms with Gasteiger partial charge >= 0.3 is 0 Å². The summed E-state index contributed by atoms with van der Waals surface area (Å²) in [4.78, 5) is 20.8. The number of halogens is 1. The van der Waals surface area contributed by atoms with E-state index in [0.29, 0.717) is 11.5 Å². The summed E-state index contributed by atoms with van der Waals surface area (Å²) in [6.07, 6.45) is 0. The highest BCUT2D eigenvalue weighted by Gasteiger charge is 2.15. The van der Waals surface area contributed by atoms with Crippen LogP contribution in [0.3, 0.4) is 0 Å². The number of nitrogens with zero attached hydrogens (tertiary/aromatic N) is 4. The summed E-state index contributed by atoms with van der Waals surface area (Å²) >= 11 is 3.43. The molecule has 2 aromatic heterocycles. The third-order valence-corrected chi connectivity index (χ3v) is 4.13. The quantitative estimate of drug-likeness (QED) is 0.763. The van der Waals surface area contributed by atoms with Crippen molar-refractivity contribution in [3.05, 3.63) is 51.5 Å². The van der Waals surface area contributed by atoms with E-state index in [-0.39, 0.29) is 11.7 Å². The second-order valence-electron chi connectivity index (χ2n) is 5.10. The normalized spacial score (nSPS) is 10.9. The van der Waals surface area contributed by atoms with Gasteiger partial charge in [-0.05, 0) is 50.6 Å². The van der Waals surface area contributed by atoms with Crippen LogP contribution < -0.4 is 5.32 Å². The smallest absolute Gasteiger partial charge is 0.295 e. The van der Waals surface area contributed by atoms with E-state index in [4.69, 9.17) is 0 Å². The number of benzene rings is 1. The molecule has 0 saturated carbocycles. The Morgan fingerprint density at radius 1 is 1.18 bits per heavy atom. The number of rotatable bonds is 2. The summed E-state index contributed by atoms with van der Waals surface area (Å²) in [5.74, 6) is 0.167. The topological polar surface area (TPSA) is 72.2 Å². The monoisotopic (exact) mass is 359 g/mol. The maximum Gasteiger partial charge on any atom is 0.295 e. The lowest BCUT2D eigenvalue weighted by Gasteiger charge is -2.04. The summed E-state index contributed by atoms with van der Waals surface area (Å²) in [6.45, 7) is 5.74. The molecule has 3 aromatic rings. The van der Waals surface area contributed by atoms with E-state index in [0.717, 1.165) is 21.4 Å². The molecule has 0 atom stereocenters. The van der Waals surface area contributed by atoms with Gasteiger partial charge in [0.2, 0.25) is 5.82 Å². The second kappa shape index (κ2) is 5.49. The minimum atomic E-state index is -0.357. The third-order valence-electron chi connectivity index (χ3n) is 3.24. The fraction of sp³-hybridized carbons (Fsp3) is 0.200. The van der Waals surface area contributed by atoms with Crippen molar-refractivity contribution in [3.63, 3.8) is 0 Å². The molecule has 22 heavy (non-hydrogen) atoms. The van der Waals surface area contributed by atoms with Gasteiger partial charge in [-0.2, -0.15) is 4.98 Å². The van der Waals surface area contributed by atoms with Crippen LogP contribution in [-0.2, 0) is 0 Å². The zero-order valence-electron chi connectivity index (χ0n) is 12.4. The molecule has 0 bridgehead atoms. The average molecular weight is 360 g/mol. The van der Waals surface area contributed by atoms with E-state index in [9.17, 15) is 4.79 Å². The van der Waals surface area contributed by atoms with Crippen molar-refractivity contribution >= 4 is 33.3 Å². The molecule has 0 radical (unpaired) electrons. The minimum Gasteiger partial charge on any atom is -0.319 e. The fourth-order valence-corrected chi connectivity index (χ4v) is 2.42. The summed E-state index contributed by atoms with van der Waals surface area (Å²) in [7, 11) is 0. The summed E-state index contributed by atoms with van der Waals surface area (Å²) in [5, 5.41) is 7.01. The van der Waals surface area contributed by atoms with Gasteiger partial charge in [-0.25, -0.2) is 9.50 Å². The van der Waals surface area contributed by atoms with Crippen molar-refractivity contribution in [2.24, 2.45) is 0 Å². The molecular formula is C15H14BrN5O. The van der Waals surface area contributed by atoms with Gasteiger partial charge in [-0.1, -0.05) is 15.9 Å². The standard InChI is InChI=1S/C15H14BrN5O/c1-8-6-11(4-5-12(8)16)18-14(22)13-19-15-17-9(2)7-10(3)21(15)20-13/h4-7H,1-3H3,(H,18,22). The lowest BCUT2D eigenvalue weighted by molar-refractivity contribution is 0.101. The number of hydrogen-bond acceptors (Lipinski definition) is 4. The number of aromatic nitrogens is 4. The molecule has 0 unspecified atom stereocenters. The molecule has 1 amide bonds. The Balaban J connectivity index is 1.91. The second-order valence-corrected chi connectivity index (χ2v) is 5.96. The maximum absolute atomic E-state index is 12.3. The van der Waals surface area contributed by atoms with Gasteiger partial charge < -0.3 is 5.32 Å². The molecule has 6 nitrogen and oxygen atoms in total. The molecule has 0 aliphatic heterocycles. The predicted molar refractivity (Wildman–Crippen MR) is 87.1 cm³/mol. The SMILES string of the molecule is Cc1cc(C)n2nc(C(=O)Nc3ccc(Br)c(C)c3)nc2n1. The molecular weight excluding hydrogens is 346 g/mol. The fourth-order valence-electron chi connectivity index (χ4n) is 2.17. The van der Waals surface area contributed by atoms with Crippen LogP contribution in [0.4, 0.5) is 5.69 Å². The summed E-state index contributed by atoms with van der Waals surface area (Å²) in [6, 6.07) is 7.47. The molecule has 3 rings (SSSR count). The molecule has 7 heteroatoms. The Morgan fingerprint density at radius 3 is 2.68 bits per heavy atom. The van der Waals surface area contributed by atoms with Gasteiger partial charge in [0.1, 0.15) is 0 Å². The van der Waals surface area contributed by atoms with Crippen LogP contribution in [0.5, 0.6) is 0 Å². The first-order valence-electron chi connectivity index (χ1n) is 6.72. The number of carbonyl (C=O) groups excluding carboxylic acids is 1. The van der Waals surface area contributed by atoms with Crippen LogP contribution in [0.1, 0.15) is 27.6 Å². The van der Waals surface area contributed by atoms with Gasteiger partial charge in [0, 0.05) is 21.5 Å². The highest BCUT2D eigenvalue weighted by atomic mass is 79.9. The number of aryl methyl sites for hydroxylation is 3. The van der Waals surface area contributed by atoms with Crippen molar-refractivity contribution in [2.75, 3.05) is 5.32 Å². The summed E-state index contributed by atoms with van der Waals surface area (Å²) in [5.41, 5.74) is 3.46. The molecule has 0 aliphatic rings. The predicted octanol–water partition coefficient (Wildman–Crippen LogP) is 3.06. The van der Waals surface area contributed by atoms with Crippen LogP contribution >= 0.6 is 15.9 Å². The largest absolute Gasteiger partial charge is 0.319 e. The first kappa shape index (κ1) is 14.6. The van der Waals surface area contributed by atoms with E-state index in [1.165, 1.54) is 0 Å². The first-order chi connectivity index (χ1) is 10.4.